The molecule has 21 heavy (non-hydrogen) atoms. The fourth-order valence-electron chi connectivity index (χ4n) is 2.63. The molecule has 0 saturated carbocycles. The summed E-state index contributed by atoms with van der Waals surface area (Å²) < 4.78 is 0. The minimum atomic E-state index is 0.158. The van der Waals surface area contributed by atoms with Gasteiger partial charge in [-0.3, -0.25) is 9.59 Å². The average molecular weight is 299 g/mol. The van der Waals surface area contributed by atoms with E-state index in [2.05, 4.69) is 6.07 Å². The first kappa shape index (κ1) is 14.0. The van der Waals surface area contributed by atoms with Crippen molar-refractivity contribution in [3.63, 3.8) is 0 Å². The van der Waals surface area contributed by atoms with E-state index in [1.165, 1.54) is 0 Å². The molecule has 108 valence electrons. The van der Waals surface area contributed by atoms with E-state index in [0.29, 0.717) is 5.56 Å². The third kappa shape index (κ3) is 2.76. The molecule has 0 radical (unpaired) electrons. The highest BCUT2D eigenvalue weighted by molar-refractivity contribution is 7.17. The van der Waals surface area contributed by atoms with Crippen molar-refractivity contribution in [2.45, 2.75) is 19.8 Å². The van der Waals surface area contributed by atoms with Crippen LogP contribution in [0.15, 0.2) is 30.3 Å². The number of hydrogen-bond donors (Lipinski definition) is 0. The molecule has 0 N–H and O–H groups in total. The zero-order valence-corrected chi connectivity index (χ0v) is 12.8. The molecule has 1 aliphatic heterocycles. The molecular weight excluding hydrogens is 282 g/mol. The van der Waals surface area contributed by atoms with Gasteiger partial charge in [-0.25, -0.2) is 0 Å². The van der Waals surface area contributed by atoms with Gasteiger partial charge in [-0.1, -0.05) is 24.3 Å². The van der Waals surface area contributed by atoms with Gasteiger partial charge >= 0.3 is 0 Å². The Morgan fingerprint density at radius 1 is 1.19 bits per heavy atom. The molecular formula is C17H17NO2S. The maximum absolute atomic E-state index is 12.5. The van der Waals surface area contributed by atoms with Crippen LogP contribution in [0.25, 0.3) is 10.4 Å². The van der Waals surface area contributed by atoms with Crippen molar-refractivity contribution in [2.24, 2.45) is 0 Å². The molecule has 1 fully saturated rings. The molecule has 1 saturated heterocycles. The Bertz CT molecular complexity index is 667. The minimum absolute atomic E-state index is 0.158. The molecule has 2 aromatic rings. The lowest BCUT2D eigenvalue weighted by atomic mass is 10.1. The number of hydrogen-bond acceptors (Lipinski definition) is 3. The number of carbonyl (C=O) groups excluding carboxylic acids is 2. The van der Waals surface area contributed by atoms with Crippen molar-refractivity contribution in [2.75, 3.05) is 13.1 Å². The monoisotopic (exact) mass is 299 g/mol. The van der Waals surface area contributed by atoms with E-state index < -0.39 is 0 Å². The molecule has 3 rings (SSSR count). The second kappa shape index (κ2) is 5.82. The van der Waals surface area contributed by atoms with Gasteiger partial charge in [0.25, 0.3) is 5.91 Å². The number of nitrogens with zero attached hydrogens (tertiary/aromatic N) is 1. The van der Waals surface area contributed by atoms with E-state index >= 15 is 0 Å². The van der Waals surface area contributed by atoms with Gasteiger partial charge < -0.3 is 4.90 Å². The maximum Gasteiger partial charge on any atom is 0.264 e. The predicted octanol–water partition coefficient (Wildman–Crippen LogP) is 3.77. The van der Waals surface area contributed by atoms with Crippen molar-refractivity contribution < 1.29 is 9.59 Å². The summed E-state index contributed by atoms with van der Waals surface area (Å²) in [6, 6.07) is 9.53. The summed E-state index contributed by atoms with van der Waals surface area (Å²) in [5, 5.41) is 0. The van der Waals surface area contributed by atoms with Gasteiger partial charge in [0.05, 0.1) is 4.88 Å². The third-order valence-corrected chi connectivity index (χ3v) is 5.11. The largest absolute Gasteiger partial charge is 0.338 e. The number of amides is 1. The van der Waals surface area contributed by atoms with Gasteiger partial charge in [0.1, 0.15) is 6.29 Å². The lowest BCUT2D eigenvalue weighted by molar-refractivity contribution is 0.0797. The van der Waals surface area contributed by atoms with Crippen LogP contribution < -0.4 is 0 Å². The molecule has 2 heterocycles. The van der Waals surface area contributed by atoms with E-state index in [9.17, 15) is 9.59 Å². The first-order valence-corrected chi connectivity index (χ1v) is 7.96. The fourth-order valence-corrected chi connectivity index (χ4v) is 3.77. The van der Waals surface area contributed by atoms with Crippen LogP contribution in [-0.2, 0) is 0 Å². The van der Waals surface area contributed by atoms with Crippen LogP contribution in [0.4, 0.5) is 0 Å². The molecule has 1 aromatic carbocycles. The summed E-state index contributed by atoms with van der Waals surface area (Å²) in [5.41, 5.74) is 2.75. The summed E-state index contributed by atoms with van der Waals surface area (Å²) >= 11 is 1.54. The Morgan fingerprint density at radius 3 is 2.48 bits per heavy atom. The topological polar surface area (TPSA) is 37.4 Å². The Hall–Kier alpha value is -1.94. The van der Waals surface area contributed by atoms with Crippen LogP contribution >= 0.6 is 11.3 Å². The first-order chi connectivity index (χ1) is 10.2. The summed E-state index contributed by atoms with van der Waals surface area (Å²) in [6.07, 6.45) is 3.05. The standard InChI is InChI=1S/C17H17NO2S/c1-12-10-15(14-6-4-13(11-19)5-7-14)21-16(12)17(20)18-8-2-3-9-18/h4-7,10-11H,2-3,8-9H2,1H3. The molecule has 0 atom stereocenters. The molecule has 0 unspecified atom stereocenters. The quantitative estimate of drug-likeness (QED) is 0.809. The summed E-state index contributed by atoms with van der Waals surface area (Å²) in [7, 11) is 0. The Labute approximate surface area is 128 Å². The Morgan fingerprint density at radius 2 is 1.86 bits per heavy atom. The zero-order valence-electron chi connectivity index (χ0n) is 12.0. The van der Waals surface area contributed by atoms with Crippen molar-refractivity contribution in [1.29, 1.82) is 0 Å². The van der Waals surface area contributed by atoms with Crippen molar-refractivity contribution in [3.05, 3.63) is 46.3 Å². The SMILES string of the molecule is Cc1cc(-c2ccc(C=O)cc2)sc1C(=O)N1CCCC1. The van der Waals surface area contributed by atoms with E-state index in [1.807, 2.05) is 24.0 Å². The van der Waals surface area contributed by atoms with Crippen molar-refractivity contribution >= 4 is 23.5 Å². The molecule has 1 aromatic heterocycles. The second-order valence-corrected chi connectivity index (χ2v) is 6.41. The Balaban J connectivity index is 1.89. The van der Waals surface area contributed by atoms with Gasteiger partial charge in [0.2, 0.25) is 0 Å². The Kier molecular flexibility index (Phi) is 3.88. The third-order valence-electron chi connectivity index (χ3n) is 3.84. The van der Waals surface area contributed by atoms with Crippen molar-refractivity contribution in [1.82, 2.24) is 4.90 Å². The molecule has 3 nitrogen and oxygen atoms in total. The summed E-state index contributed by atoms with van der Waals surface area (Å²) in [6.45, 7) is 3.74. The highest BCUT2D eigenvalue weighted by Gasteiger charge is 2.23. The lowest BCUT2D eigenvalue weighted by Gasteiger charge is -2.14. The predicted molar refractivity (Wildman–Crippen MR) is 85.0 cm³/mol. The highest BCUT2D eigenvalue weighted by atomic mass is 32.1. The smallest absolute Gasteiger partial charge is 0.264 e. The van der Waals surface area contributed by atoms with Crippen LogP contribution in [0.2, 0.25) is 0 Å². The van der Waals surface area contributed by atoms with E-state index in [0.717, 1.165) is 53.1 Å². The van der Waals surface area contributed by atoms with Crippen LogP contribution in [-0.4, -0.2) is 30.2 Å². The fraction of sp³-hybridized carbons (Fsp3) is 0.294. The molecule has 1 amide bonds. The first-order valence-electron chi connectivity index (χ1n) is 7.14. The summed E-state index contributed by atoms with van der Waals surface area (Å²) in [5.74, 6) is 0.158. The van der Waals surface area contributed by atoms with Crippen molar-refractivity contribution in [3.8, 4) is 10.4 Å². The number of carbonyl (C=O) groups is 2. The van der Waals surface area contributed by atoms with Gasteiger partial charge in [-0.05, 0) is 37.0 Å². The van der Waals surface area contributed by atoms with Crippen LogP contribution in [0.1, 0.15) is 38.4 Å². The van der Waals surface area contributed by atoms with Gasteiger partial charge in [0.15, 0.2) is 0 Å². The molecule has 0 aliphatic carbocycles. The maximum atomic E-state index is 12.5. The molecule has 1 aliphatic rings. The number of rotatable bonds is 3. The zero-order chi connectivity index (χ0) is 14.8. The van der Waals surface area contributed by atoms with Gasteiger partial charge in [-0.15, -0.1) is 11.3 Å². The number of likely N-dealkylation sites (tertiary alicyclic amines) is 1. The van der Waals surface area contributed by atoms with E-state index in [4.69, 9.17) is 0 Å². The van der Waals surface area contributed by atoms with Gasteiger partial charge in [-0.2, -0.15) is 0 Å². The van der Waals surface area contributed by atoms with Crippen LogP contribution in [0.3, 0.4) is 0 Å². The molecule has 0 bridgehead atoms. The van der Waals surface area contributed by atoms with Gasteiger partial charge in [0, 0.05) is 23.5 Å². The van der Waals surface area contributed by atoms with E-state index in [-0.39, 0.29) is 5.91 Å². The number of thiophene rings is 1. The minimum Gasteiger partial charge on any atom is -0.338 e. The lowest BCUT2D eigenvalue weighted by Crippen LogP contribution is -2.27. The number of benzene rings is 1. The number of aryl methyl sites for hydroxylation is 1. The normalized spacial score (nSPS) is 14.4. The second-order valence-electron chi connectivity index (χ2n) is 5.36. The average Bonchev–Trinajstić information content (AvgIpc) is 3.16. The molecule has 0 spiro atoms. The summed E-state index contributed by atoms with van der Waals surface area (Å²) in [4.78, 5) is 27.1. The molecule has 4 heteroatoms. The highest BCUT2D eigenvalue weighted by Crippen LogP contribution is 2.32. The van der Waals surface area contributed by atoms with Crippen LogP contribution in [0.5, 0.6) is 0 Å². The number of aldehydes is 1. The van der Waals surface area contributed by atoms with E-state index in [1.54, 1.807) is 23.5 Å². The van der Waals surface area contributed by atoms with Crippen LogP contribution in [0, 0.1) is 6.92 Å².